The van der Waals surface area contributed by atoms with Crippen molar-refractivity contribution in [1.29, 1.82) is 5.26 Å². The standard InChI is InChI=1S/C18H11N5O6/c19-8-10-7-11(23(28)29)5-6-14(10)20-15(24)9-22-17(25)13-4-2-1-3-12(13)16(21-22)18(26)27/h1-7H,9H2,(H,20,24)(H,26,27). The van der Waals surface area contributed by atoms with Crippen LogP contribution in [0.25, 0.3) is 10.8 Å². The summed E-state index contributed by atoms with van der Waals surface area (Å²) in [6, 6.07) is 11.0. The molecular weight excluding hydrogens is 382 g/mol. The predicted octanol–water partition coefficient (Wildman–Crippen LogP) is 1.51. The van der Waals surface area contributed by atoms with Crippen LogP contribution in [0.4, 0.5) is 11.4 Å². The molecule has 11 heteroatoms. The van der Waals surface area contributed by atoms with Crippen LogP contribution >= 0.6 is 0 Å². The summed E-state index contributed by atoms with van der Waals surface area (Å²) in [6.07, 6.45) is 0. The van der Waals surface area contributed by atoms with Gasteiger partial charge in [0.2, 0.25) is 5.91 Å². The second-order valence-electron chi connectivity index (χ2n) is 5.81. The SMILES string of the molecule is N#Cc1cc([N+](=O)[O-])ccc1NC(=O)Cn1nc(C(=O)O)c2ccccc2c1=O. The fraction of sp³-hybridized carbons (Fsp3) is 0.0556. The number of nitrogens with one attached hydrogen (secondary N) is 1. The van der Waals surface area contributed by atoms with Crippen LogP contribution in [0.5, 0.6) is 0 Å². The highest BCUT2D eigenvalue weighted by atomic mass is 16.6. The molecule has 3 rings (SSSR count). The normalized spacial score (nSPS) is 10.3. The van der Waals surface area contributed by atoms with Gasteiger partial charge in [0, 0.05) is 17.5 Å². The van der Waals surface area contributed by atoms with Crippen molar-refractivity contribution in [3.05, 3.63) is 74.2 Å². The van der Waals surface area contributed by atoms with E-state index in [0.717, 1.165) is 12.1 Å². The van der Waals surface area contributed by atoms with Gasteiger partial charge in [-0.3, -0.25) is 19.7 Å². The molecule has 1 heterocycles. The molecule has 3 aromatic rings. The Morgan fingerprint density at radius 3 is 2.55 bits per heavy atom. The Bertz CT molecular complexity index is 1270. The van der Waals surface area contributed by atoms with E-state index in [1.54, 1.807) is 18.2 Å². The molecule has 1 aromatic heterocycles. The van der Waals surface area contributed by atoms with E-state index < -0.39 is 28.9 Å². The number of nitro benzene ring substituents is 1. The minimum atomic E-state index is -1.36. The lowest BCUT2D eigenvalue weighted by Gasteiger charge is -2.10. The summed E-state index contributed by atoms with van der Waals surface area (Å²) in [5.74, 6) is -2.13. The van der Waals surface area contributed by atoms with Crippen molar-refractivity contribution in [2.75, 3.05) is 5.32 Å². The predicted molar refractivity (Wildman–Crippen MR) is 99.4 cm³/mol. The number of carbonyl (C=O) groups excluding carboxylic acids is 1. The molecule has 2 aromatic carbocycles. The van der Waals surface area contributed by atoms with Gasteiger partial charge < -0.3 is 10.4 Å². The first kappa shape index (κ1) is 19.2. The number of nitro groups is 1. The number of benzene rings is 2. The Morgan fingerprint density at radius 1 is 1.24 bits per heavy atom. The summed E-state index contributed by atoms with van der Waals surface area (Å²) in [5.41, 5.74) is -1.50. The van der Waals surface area contributed by atoms with E-state index in [0.29, 0.717) is 4.68 Å². The first-order chi connectivity index (χ1) is 13.8. The molecule has 144 valence electrons. The maximum atomic E-state index is 12.5. The van der Waals surface area contributed by atoms with Crippen molar-refractivity contribution in [1.82, 2.24) is 9.78 Å². The molecule has 0 atom stereocenters. The highest BCUT2D eigenvalue weighted by Crippen LogP contribution is 2.21. The van der Waals surface area contributed by atoms with Gasteiger partial charge in [-0.2, -0.15) is 10.4 Å². The minimum absolute atomic E-state index is 0.00963. The maximum absolute atomic E-state index is 12.5. The number of amides is 1. The molecule has 29 heavy (non-hydrogen) atoms. The van der Waals surface area contributed by atoms with Crippen LogP contribution < -0.4 is 10.9 Å². The highest BCUT2D eigenvalue weighted by molar-refractivity contribution is 6.01. The molecule has 0 aliphatic heterocycles. The first-order valence-corrected chi connectivity index (χ1v) is 8.03. The fourth-order valence-electron chi connectivity index (χ4n) is 2.67. The highest BCUT2D eigenvalue weighted by Gasteiger charge is 2.18. The Kier molecular flexibility index (Phi) is 5.01. The van der Waals surface area contributed by atoms with Crippen molar-refractivity contribution >= 4 is 34.0 Å². The number of aromatic carboxylic acids is 1. The summed E-state index contributed by atoms with van der Waals surface area (Å²) in [4.78, 5) is 46.4. The molecule has 0 aliphatic carbocycles. The van der Waals surface area contributed by atoms with Gasteiger partial charge in [0.05, 0.1) is 21.6 Å². The van der Waals surface area contributed by atoms with E-state index in [4.69, 9.17) is 5.26 Å². The number of carboxylic acid groups (broad SMARTS) is 1. The van der Waals surface area contributed by atoms with Crippen molar-refractivity contribution in [3.8, 4) is 6.07 Å². The molecule has 0 spiro atoms. The molecular formula is C18H11N5O6. The second-order valence-corrected chi connectivity index (χ2v) is 5.81. The van der Waals surface area contributed by atoms with Crippen LogP contribution in [0.15, 0.2) is 47.3 Å². The van der Waals surface area contributed by atoms with E-state index in [1.165, 1.54) is 18.2 Å². The number of anilines is 1. The summed E-state index contributed by atoms with van der Waals surface area (Å²) in [6.45, 7) is -0.619. The fourth-order valence-corrected chi connectivity index (χ4v) is 2.67. The number of carbonyl (C=O) groups is 2. The molecule has 11 nitrogen and oxygen atoms in total. The average Bonchev–Trinajstić information content (AvgIpc) is 2.70. The molecule has 0 unspecified atom stereocenters. The van der Waals surface area contributed by atoms with Crippen molar-refractivity contribution in [2.45, 2.75) is 6.54 Å². The Hall–Kier alpha value is -4.59. The number of nitrogens with zero attached hydrogens (tertiary/aromatic N) is 4. The lowest BCUT2D eigenvalue weighted by Crippen LogP contribution is -2.31. The summed E-state index contributed by atoms with van der Waals surface area (Å²) in [7, 11) is 0. The second kappa shape index (κ2) is 7.57. The third-order valence-electron chi connectivity index (χ3n) is 3.97. The Morgan fingerprint density at radius 2 is 1.93 bits per heavy atom. The lowest BCUT2D eigenvalue weighted by atomic mass is 10.1. The van der Waals surface area contributed by atoms with Gasteiger partial charge in [0.25, 0.3) is 11.2 Å². The van der Waals surface area contributed by atoms with Crippen LogP contribution in [0, 0.1) is 21.4 Å². The van der Waals surface area contributed by atoms with E-state index in [1.807, 2.05) is 0 Å². The molecule has 0 saturated carbocycles. The van der Waals surface area contributed by atoms with E-state index in [2.05, 4.69) is 10.4 Å². The van der Waals surface area contributed by atoms with Crippen LogP contribution in [0.1, 0.15) is 16.1 Å². The van der Waals surface area contributed by atoms with Crippen LogP contribution in [-0.4, -0.2) is 31.7 Å². The molecule has 1 amide bonds. The van der Waals surface area contributed by atoms with Gasteiger partial charge in [-0.15, -0.1) is 0 Å². The Labute approximate surface area is 161 Å². The third kappa shape index (κ3) is 3.76. The quantitative estimate of drug-likeness (QED) is 0.485. The smallest absolute Gasteiger partial charge is 0.357 e. The lowest BCUT2D eigenvalue weighted by molar-refractivity contribution is -0.384. The number of nitriles is 1. The number of non-ortho nitro benzene ring substituents is 1. The number of aromatic nitrogens is 2. The molecule has 0 aliphatic rings. The summed E-state index contributed by atoms with van der Waals surface area (Å²) < 4.78 is 0.707. The number of hydrogen-bond acceptors (Lipinski definition) is 7. The maximum Gasteiger partial charge on any atom is 0.357 e. The number of rotatable bonds is 5. The summed E-state index contributed by atoms with van der Waals surface area (Å²) in [5, 5.41) is 35.6. The number of carboxylic acids is 1. The zero-order valence-corrected chi connectivity index (χ0v) is 14.5. The van der Waals surface area contributed by atoms with Gasteiger partial charge in [0.1, 0.15) is 12.6 Å². The monoisotopic (exact) mass is 393 g/mol. The zero-order valence-electron chi connectivity index (χ0n) is 14.5. The van der Waals surface area contributed by atoms with Crippen molar-refractivity contribution in [2.24, 2.45) is 0 Å². The van der Waals surface area contributed by atoms with Crippen molar-refractivity contribution in [3.63, 3.8) is 0 Å². The van der Waals surface area contributed by atoms with Crippen LogP contribution in [0.3, 0.4) is 0 Å². The van der Waals surface area contributed by atoms with Gasteiger partial charge >= 0.3 is 5.97 Å². The van der Waals surface area contributed by atoms with Crippen LogP contribution in [-0.2, 0) is 11.3 Å². The molecule has 0 radical (unpaired) electrons. The van der Waals surface area contributed by atoms with Crippen LogP contribution in [0.2, 0.25) is 0 Å². The minimum Gasteiger partial charge on any atom is -0.476 e. The number of fused-ring (bicyclic) bond motifs is 1. The topological polar surface area (TPSA) is 168 Å². The molecule has 2 N–H and O–H groups in total. The molecule has 0 bridgehead atoms. The van der Waals surface area contributed by atoms with Gasteiger partial charge in [-0.1, -0.05) is 18.2 Å². The largest absolute Gasteiger partial charge is 0.476 e. The Balaban J connectivity index is 1.94. The van der Waals surface area contributed by atoms with E-state index in [-0.39, 0.29) is 33.4 Å². The van der Waals surface area contributed by atoms with E-state index >= 15 is 0 Å². The van der Waals surface area contributed by atoms with Crippen molar-refractivity contribution < 1.29 is 19.6 Å². The summed E-state index contributed by atoms with van der Waals surface area (Å²) >= 11 is 0. The number of hydrogen-bond donors (Lipinski definition) is 2. The zero-order chi connectivity index (χ0) is 21.1. The van der Waals surface area contributed by atoms with Gasteiger partial charge in [-0.05, 0) is 12.1 Å². The molecule has 0 saturated heterocycles. The van der Waals surface area contributed by atoms with Gasteiger partial charge in [0.15, 0.2) is 5.69 Å². The third-order valence-corrected chi connectivity index (χ3v) is 3.97. The first-order valence-electron chi connectivity index (χ1n) is 8.03. The van der Waals surface area contributed by atoms with Gasteiger partial charge in [-0.25, -0.2) is 9.48 Å². The van der Waals surface area contributed by atoms with E-state index in [9.17, 15) is 29.6 Å². The average molecular weight is 393 g/mol. The molecule has 0 fully saturated rings.